The lowest BCUT2D eigenvalue weighted by Crippen LogP contribution is -2.43. The second-order valence-corrected chi connectivity index (χ2v) is 4.49. The summed E-state index contributed by atoms with van der Waals surface area (Å²) in [4.78, 5) is 2.39. The molecule has 1 aromatic rings. The van der Waals surface area contributed by atoms with E-state index in [2.05, 4.69) is 23.3 Å². The zero-order valence-corrected chi connectivity index (χ0v) is 9.21. The molecule has 15 heavy (non-hydrogen) atoms. The molecule has 1 fully saturated rings. The molecule has 0 unspecified atom stereocenters. The van der Waals surface area contributed by atoms with E-state index in [0.717, 1.165) is 12.3 Å². The zero-order valence-electron chi connectivity index (χ0n) is 9.21. The molecule has 1 heterocycles. The van der Waals surface area contributed by atoms with Crippen LogP contribution in [0.2, 0.25) is 0 Å². The van der Waals surface area contributed by atoms with E-state index in [-0.39, 0.29) is 0 Å². The lowest BCUT2D eigenvalue weighted by molar-refractivity contribution is 0.412. The van der Waals surface area contributed by atoms with Crippen molar-refractivity contribution in [3.63, 3.8) is 0 Å². The summed E-state index contributed by atoms with van der Waals surface area (Å²) >= 11 is 0. The maximum atomic E-state index is 5.42. The van der Waals surface area contributed by atoms with Crippen LogP contribution in [-0.4, -0.2) is 26.2 Å². The van der Waals surface area contributed by atoms with Crippen LogP contribution >= 0.6 is 0 Å². The van der Waals surface area contributed by atoms with Crippen molar-refractivity contribution in [2.45, 2.75) is 18.4 Å². The van der Waals surface area contributed by atoms with Gasteiger partial charge in [-0.15, -0.1) is 0 Å². The molecule has 0 aromatic heterocycles. The van der Waals surface area contributed by atoms with Gasteiger partial charge in [0, 0.05) is 13.6 Å². The van der Waals surface area contributed by atoms with Gasteiger partial charge in [-0.05, 0) is 25.0 Å². The number of para-hydroxylation sites is 1. The molecule has 80 valence electrons. The molecule has 1 spiro atoms. The second-order valence-electron chi connectivity index (χ2n) is 4.49. The molecule has 0 radical (unpaired) electrons. The van der Waals surface area contributed by atoms with E-state index in [9.17, 15) is 0 Å². The molecule has 3 heteroatoms. The average molecular weight is 204 g/mol. The predicted octanol–water partition coefficient (Wildman–Crippen LogP) is 2.09. The lowest BCUT2D eigenvalue weighted by atomic mass is 10.1. The van der Waals surface area contributed by atoms with Crippen LogP contribution in [0.25, 0.3) is 0 Å². The summed E-state index contributed by atoms with van der Waals surface area (Å²) in [6, 6.07) is 6.17. The normalized spacial score (nSPS) is 20.8. The monoisotopic (exact) mass is 204 g/mol. The van der Waals surface area contributed by atoms with Crippen molar-refractivity contribution >= 4 is 11.4 Å². The Morgan fingerprint density at radius 3 is 2.87 bits per heavy atom. The van der Waals surface area contributed by atoms with Crippen molar-refractivity contribution in [1.82, 2.24) is 0 Å². The molecule has 3 nitrogen and oxygen atoms in total. The lowest BCUT2D eigenvalue weighted by Gasteiger charge is -2.38. The SMILES string of the molecule is COc1cccc2c1N(C)C1(CC1)CN2. The fourth-order valence-corrected chi connectivity index (χ4v) is 2.45. The minimum atomic E-state index is 0.363. The topological polar surface area (TPSA) is 24.5 Å². The zero-order chi connectivity index (χ0) is 10.5. The molecular formula is C12H16N2O. The first kappa shape index (κ1) is 8.89. The Labute approximate surface area is 90.0 Å². The van der Waals surface area contributed by atoms with Crippen molar-refractivity contribution in [3.8, 4) is 5.75 Å². The van der Waals surface area contributed by atoms with E-state index < -0.39 is 0 Å². The summed E-state index contributed by atoms with van der Waals surface area (Å²) < 4.78 is 5.42. The fourth-order valence-electron chi connectivity index (χ4n) is 2.45. The standard InChI is InChI=1S/C12H16N2O/c1-14-11-9(4-3-5-10(11)15-2)13-8-12(14)6-7-12/h3-5,13H,6-8H2,1-2H3. The van der Waals surface area contributed by atoms with Gasteiger partial charge in [0.15, 0.2) is 0 Å². The van der Waals surface area contributed by atoms with Crippen LogP contribution in [0.1, 0.15) is 12.8 Å². The Balaban J connectivity index is 2.11. The summed E-state index contributed by atoms with van der Waals surface area (Å²) in [7, 11) is 3.91. The second kappa shape index (κ2) is 2.81. The Morgan fingerprint density at radius 1 is 1.40 bits per heavy atom. The van der Waals surface area contributed by atoms with Gasteiger partial charge in [0.2, 0.25) is 0 Å². The molecule has 1 N–H and O–H groups in total. The average Bonchev–Trinajstić information content (AvgIpc) is 3.04. The highest BCUT2D eigenvalue weighted by Crippen LogP contribution is 2.51. The molecule has 1 saturated carbocycles. The van der Waals surface area contributed by atoms with Gasteiger partial charge in [0.05, 0.1) is 18.3 Å². The van der Waals surface area contributed by atoms with E-state index in [1.54, 1.807) is 7.11 Å². The summed E-state index contributed by atoms with van der Waals surface area (Å²) in [5.74, 6) is 0.966. The maximum Gasteiger partial charge on any atom is 0.144 e. The molecule has 1 aliphatic heterocycles. The number of hydrogen-bond acceptors (Lipinski definition) is 3. The van der Waals surface area contributed by atoms with Crippen LogP contribution in [0, 0.1) is 0 Å². The van der Waals surface area contributed by atoms with Gasteiger partial charge in [0.25, 0.3) is 0 Å². The summed E-state index contributed by atoms with van der Waals surface area (Å²) in [6.45, 7) is 1.06. The van der Waals surface area contributed by atoms with Gasteiger partial charge < -0.3 is 15.0 Å². The number of nitrogens with zero attached hydrogens (tertiary/aromatic N) is 1. The Bertz CT molecular complexity index is 384. The van der Waals surface area contributed by atoms with Gasteiger partial charge in [-0.2, -0.15) is 0 Å². The first-order valence-electron chi connectivity index (χ1n) is 5.42. The first-order valence-corrected chi connectivity index (χ1v) is 5.42. The molecule has 0 atom stereocenters. The van der Waals surface area contributed by atoms with Gasteiger partial charge >= 0.3 is 0 Å². The summed E-state index contributed by atoms with van der Waals surface area (Å²) in [6.07, 6.45) is 2.57. The fraction of sp³-hybridized carbons (Fsp3) is 0.500. The molecule has 3 rings (SSSR count). The number of benzene rings is 1. The minimum Gasteiger partial charge on any atom is -0.495 e. The Kier molecular flexibility index (Phi) is 1.67. The van der Waals surface area contributed by atoms with Crippen LogP contribution in [0.4, 0.5) is 11.4 Å². The van der Waals surface area contributed by atoms with Crippen LogP contribution in [0.3, 0.4) is 0 Å². The van der Waals surface area contributed by atoms with Crippen molar-refractivity contribution in [2.75, 3.05) is 30.9 Å². The van der Waals surface area contributed by atoms with Crippen molar-refractivity contribution < 1.29 is 4.74 Å². The third-order valence-corrected chi connectivity index (χ3v) is 3.70. The molecule has 1 aliphatic carbocycles. The summed E-state index contributed by atoms with van der Waals surface area (Å²) in [5, 5.41) is 3.50. The molecule has 0 saturated heterocycles. The van der Waals surface area contributed by atoms with Crippen LogP contribution in [-0.2, 0) is 0 Å². The molecule has 0 amide bonds. The number of nitrogens with one attached hydrogen (secondary N) is 1. The van der Waals surface area contributed by atoms with Crippen molar-refractivity contribution in [3.05, 3.63) is 18.2 Å². The quantitative estimate of drug-likeness (QED) is 0.758. The van der Waals surface area contributed by atoms with E-state index in [0.29, 0.717) is 5.54 Å². The number of likely N-dealkylation sites (N-methyl/N-ethyl adjacent to an activating group) is 1. The third kappa shape index (κ3) is 1.12. The smallest absolute Gasteiger partial charge is 0.144 e. The molecule has 0 bridgehead atoms. The van der Waals surface area contributed by atoms with E-state index >= 15 is 0 Å². The Morgan fingerprint density at radius 2 is 2.20 bits per heavy atom. The molecule has 1 aromatic carbocycles. The van der Waals surface area contributed by atoms with Crippen molar-refractivity contribution in [2.24, 2.45) is 0 Å². The predicted molar refractivity (Wildman–Crippen MR) is 61.9 cm³/mol. The van der Waals surface area contributed by atoms with Gasteiger partial charge in [-0.25, -0.2) is 0 Å². The highest BCUT2D eigenvalue weighted by Gasteiger charge is 2.49. The number of fused-ring (bicyclic) bond motifs is 1. The number of ether oxygens (including phenoxy) is 1. The highest BCUT2D eigenvalue weighted by atomic mass is 16.5. The van der Waals surface area contributed by atoms with Gasteiger partial charge in [-0.3, -0.25) is 0 Å². The minimum absolute atomic E-state index is 0.363. The number of rotatable bonds is 1. The highest BCUT2D eigenvalue weighted by molar-refractivity contribution is 5.80. The van der Waals surface area contributed by atoms with Crippen LogP contribution < -0.4 is 15.0 Å². The van der Waals surface area contributed by atoms with Crippen molar-refractivity contribution in [1.29, 1.82) is 0 Å². The van der Waals surface area contributed by atoms with E-state index in [4.69, 9.17) is 4.74 Å². The van der Waals surface area contributed by atoms with Crippen LogP contribution in [0.5, 0.6) is 5.75 Å². The van der Waals surface area contributed by atoms with Gasteiger partial charge in [-0.1, -0.05) is 6.07 Å². The van der Waals surface area contributed by atoms with E-state index in [1.807, 2.05) is 12.1 Å². The Hall–Kier alpha value is -1.38. The van der Waals surface area contributed by atoms with Crippen LogP contribution in [0.15, 0.2) is 18.2 Å². The number of methoxy groups -OCH3 is 1. The number of hydrogen-bond donors (Lipinski definition) is 1. The van der Waals surface area contributed by atoms with Gasteiger partial charge in [0.1, 0.15) is 11.4 Å². The maximum absolute atomic E-state index is 5.42. The first-order chi connectivity index (χ1) is 7.27. The molecule has 2 aliphatic rings. The molecular weight excluding hydrogens is 188 g/mol. The summed E-state index contributed by atoms with van der Waals surface area (Å²) in [5.41, 5.74) is 2.76. The largest absolute Gasteiger partial charge is 0.495 e. The number of anilines is 2. The third-order valence-electron chi connectivity index (χ3n) is 3.70. The van der Waals surface area contributed by atoms with E-state index in [1.165, 1.54) is 24.2 Å².